The minimum Gasteiger partial charge on any atom is -0.496 e. The van der Waals surface area contributed by atoms with Crippen molar-refractivity contribution in [3.63, 3.8) is 0 Å². The molecular weight excluding hydrogens is 258 g/mol. The Morgan fingerprint density at radius 1 is 1.21 bits per heavy atom. The number of thiocarbonyl (C=S) groups is 1. The molecule has 4 heteroatoms. The van der Waals surface area contributed by atoms with E-state index in [0.717, 1.165) is 30.9 Å². The Balaban J connectivity index is 2.43. The standard InChI is InChI=1S/C15H21NO2S/c1-4-16-13-8-12-11(7-10(13)9-19)14(17-2)5-6-15(12)18-3/h5-6,9-10,13,16H,4,7-8H2,1-3H3. The van der Waals surface area contributed by atoms with Crippen LogP contribution >= 0.6 is 12.2 Å². The fraction of sp³-hybridized carbons (Fsp3) is 0.533. The van der Waals surface area contributed by atoms with Crippen LogP contribution in [0.5, 0.6) is 11.5 Å². The monoisotopic (exact) mass is 279 g/mol. The maximum absolute atomic E-state index is 5.49. The van der Waals surface area contributed by atoms with Crippen LogP contribution in [-0.4, -0.2) is 32.2 Å². The van der Waals surface area contributed by atoms with E-state index in [1.165, 1.54) is 11.1 Å². The van der Waals surface area contributed by atoms with Crippen molar-refractivity contribution in [1.82, 2.24) is 5.32 Å². The Morgan fingerprint density at radius 3 is 2.26 bits per heavy atom. The van der Waals surface area contributed by atoms with Crippen molar-refractivity contribution in [1.29, 1.82) is 0 Å². The molecule has 0 saturated heterocycles. The molecule has 1 aromatic carbocycles. The molecular formula is C15H21NO2S. The highest BCUT2D eigenvalue weighted by Gasteiger charge is 2.30. The topological polar surface area (TPSA) is 30.5 Å². The van der Waals surface area contributed by atoms with E-state index in [4.69, 9.17) is 21.7 Å². The van der Waals surface area contributed by atoms with Gasteiger partial charge in [0, 0.05) is 23.1 Å². The van der Waals surface area contributed by atoms with E-state index >= 15 is 0 Å². The molecule has 1 aromatic rings. The van der Waals surface area contributed by atoms with E-state index < -0.39 is 0 Å². The minimum absolute atomic E-state index is 0.364. The lowest BCUT2D eigenvalue weighted by Crippen LogP contribution is -2.42. The van der Waals surface area contributed by atoms with Gasteiger partial charge in [-0.25, -0.2) is 0 Å². The first-order valence-corrected chi connectivity index (χ1v) is 7.13. The Kier molecular flexibility index (Phi) is 4.77. The minimum atomic E-state index is 0.364. The lowest BCUT2D eigenvalue weighted by molar-refractivity contribution is 0.363. The van der Waals surface area contributed by atoms with Crippen LogP contribution in [0.3, 0.4) is 0 Å². The van der Waals surface area contributed by atoms with E-state index in [0.29, 0.717) is 12.0 Å². The van der Waals surface area contributed by atoms with Crippen LogP contribution in [-0.2, 0) is 12.8 Å². The van der Waals surface area contributed by atoms with Gasteiger partial charge in [-0.1, -0.05) is 19.1 Å². The molecule has 2 unspecified atom stereocenters. The number of fused-ring (bicyclic) bond motifs is 1. The van der Waals surface area contributed by atoms with Crippen LogP contribution in [0, 0.1) is 5.92 Å². The van der Waals surface area contributed by atoms with Crippen molar-refractivity contribution in [3.8, 4) is 11.5 Å². The fourth-order valence-electron chi connectivity index (χ4n) is 2.86. The molecule has 2 rings (SSSR count). The van der Waals surface area contributed by atoms with Crippen molar-refractivity contribution in [2.24, 2.45) is 5.92 Å². The zero-order valence-electron chi connectivity index (χ0n) is 11.7. The van der Waals surface area contributed by atoms with Gasteiger partial charge in [-0.05, 0) is 36.9 Å². The number of hydrogen-bond donors (Lipinski definition) is 1. The summed E-state index contributed by atoms with van der Waals surface area (Å²) in [5, 5.41) is 5.40. The largest absolute Gasteiger partial charge is 0.496 e. The summed E-state index contributed by atoms with van der Waals surface area (Å²) in [6.45, 7) is 3.07. The van der Waals surface area contributed by atoms with E-state index in [2.05, 4.69) is 12.2 Å². The molecule has 0 radical (unpaired) electrons. The third-order valence-corrected chi connectivity index (χ3v) is 4.16. The van der Waals surface area contributed by atoms with Gasteiger partial charge in [0.15, 0.2) is 0 Å². The van der Waals surface area contributed by atoms with Gasteiger partial charge in [-0.15, -0.1) is 0 Å². The highest BCUT2D eigenvalue weighted by Crippen LogP contribution is 2.37. The van der Waals surface area contributed by atoms with Crippen molar-refractivity contribution >= 4 is 17.6 Å². The number of ether oxygens (including phenoxy) is 2. The smallest absolute Gasteiger partial charge is 0.122 e. The zero-order chi connectivity index (χ0) is 13.8. The van der Waals surface area contributed by atoms with Gasteiger partial charge in [0.2, 0.25) is 0 Å². The molecule has 1 aliphatic rings. The number of likely N-dealkylation sites (N-methyl/N-ethyl adjacent to an activating group) is 1. The molecule has 0 amide bonds. The highest BCUT2D eigenvalue weighted by atomic mass is 32.1. The first kappa shape index (κ1) is 14.3. The molecule has 19 heavy (non-hydrogen) atoms. The van der Waals surface area contributed by atoms with Crippen molar-refractivity contribution in [2.75, 3.05) is 20.8 Å². The van der Waals surface area contributed by atoms with Gasteiger partial charge in [-0.2, -0.15) is 0 Å². The van der Waals surface area contributed by atoms with E-state index in [1.807, 2.05) is 17.5 Å². The lowest BCUT2D eigenvalue weighted by Gasteiger charge is -2.33. The molecule has 0 aliphatic heterocycles. The molecule has 104 valence electrons. The van der Waals surface area contributed by atoms with Crippen LogP contribution in [0.1, 0.15) is 18.1 Å². The normalized spacial score (nSPS) is 21.6. The van der Waals surface area contributed by atoms with Gasteiger partial charge in [-0.3, -0.25) is 0 Å². The molecule has 0 fully saturated rings. The van der Waals surface area contributed by atoms with Crippen molar-refractivity contribution < 1.29 is 9.47 Å². The predicted molar refractivity (Wildman–Crippen MR) is 81.6 cm³/mol. The summed E-state index contributed by atoms with van der Waals surface area (Å²) in [4.78, 5) is 0. The average molecular weight is 279 g/mol. The van der Waals surface area contributed by atoms with Crippen molar-refractivity contribution in [3.05, 3.63) is 23.3 Å². The Morgan fingerprint density at radius 2 is 1.79 bits per heavy atom. The zero-order valence-corrected chi connectivity index (χ0v) is 12.5. The second-order valence-corrected chi connectivity index (χ2v) is 5.07. The second kappa shape index (κ2) is 6.35. The third kappa shape index (κ3) is 2.74. The van der Waals surface area contributed by atoms with E-state index in [9.17, 15) is 0 Å². The lowest BCUT2D eigenvalue weighted by atomic mass is 9.80. The summed E-state index contributed by atoms with van der Waals surface area (Å²) in [6.07, 6.45) is 1.85. The number of nitrogens with one attached hydrogen (secondary N) is 1. The summed E-state index contributed by atoms with van der Waals surface area (Å²) < 4.78 is 11.0. The molecule has 0 bridgehead atoms. The molecule has 2 atom stereocenters. The summed E-state index contributed by atoms with van der Waals surface area (Å²) >= 11 is 5.20. The van der Waals surface area contributed by atoms with Crippen LogP contribution in [0.2, 0.25) is 0 Å². The van der Waals surface area contributed by atoms with E-state index in [-0.39, 0.29) is 0 Å². The summed E-state index contributed by atoms with van der Waals surface area (Å²) in [7, 11) is 3.43. The quantitative estimate of drug-likeness (QED) is 0.839. The second-order valence-electron chi connectivity index (χ2n) is 4.80. The van der Waals surface area contributed by atoms with E-state index in [1.54, 1.807) is 14.2 Å². The fourth-order valence-corrected chi connectivity index (χ4v) is 3.14. The first-order valence-electron chi connectivity index (χ1n) is 6.66. The number of hydrogen-bond acceptors (Lipinski definition) is 4. The van der Waals surface area contributed by atoms with Crippen molar-refractivity contribution in [2.45, 2.75) is 25.8 Å². The highest BCUT2D eigenvalue weighted by molar-refractivity contribution is 7.79. The van der Waals surface area contributed by atoms with Gasteiger partial charge >= 0.3 is 0 Å². The van der Waals surface area contributed by atoms with Crippen LogP contribution < -0.4 is 14.8 Å². The maximum atomic E-state index is 5.49. The maximum Gasteiger partial charge on any atom is 0.122 e. The Bertz CT molecular complexity index is 462. The Hall–Kier alpha value is -1.13. The van der Waals surface area contributed by atoms with Crippen LogP contribution in [0.15, 0.2) is 12.1 Å². The van der Waals surface area contributed by atoms with Crippen LogP contribution in [0.25, 0.3) is 0 Å². The van der Waals surface area contributed by atoms with Gasteiger partial charge in [0.1, 0.15) is 11.5 Å². The Labute approximate surface area is 120 Å². The van der Waals surface area contributed by atoms with Gasteiger partial charge < -0.3 is 14.8 Å². The molecule has 3 nitrogen and oxygen atoms in total. The summed E-state index contributed by atoms with van der Waals surface area (Å²) in [6, 6.07) is 4.35. The molecule has 0 spiro atoms. The van der Waals surface area contributed by atoms with Gasteiger partial charge in [0.25, 0.3) is 0 Å². The SMILES string of the molecule is CCNC1Cc2c(OC)ccc(OC)c2CC1C=S. The first-order chi connectivity index (χ1) is 9.24. The number of methoxy groups -OCH3 is 2. The number of rotatable bonds is 5. The molecule has 0 heterocycles. The molecule has 0 saturated carbocycles. The average Bonchev–Trinajstić information content (AvgIpc) is 2.45. The number of benzene rings is 1. The molecule has 1 aliphatic carbocycles. The predicted octanol–water partition coefficient (Wildman–Crippen LogP) is 2.40. The van der Waals surface area contributed by atoms with Crippen LogP contribution in [0.4, 0.5) is 0 Å². The molecule has 0 aromatic heterocycles. The summed E-state index contributed by atoms with van der Waals surface area (Å²) in [5.74, 6) is 2.25. The van der Waals surface area contributed by atoms with Gasteiger partial charge in [0.05, 0.1) is 14.2 Å². The molecule has 1 N–H and O–H groups in total. The summed E-state index contributed by atoms with van der Waals surface area (Å²) in [5.41, 5.74) is 2.49. The third-order valence-electron chi connectivity index (χ3n) is 3.81.